The van der Waals surface area contributed by atoms with Gasteiger partial charge >= 0.3 is 0 Å². The average Bonchev–Trinajstić information content (AvgIpc) is 3.25. The second-order valence-corrected chi connectivity index (χ2v) is 6.69. The normalized spacial score (nSPS) is 15.9. The predicted molar refractivity (Wildman–Crippen MR) is 84.7 cm³/mol. The fraction of sp³-hybridized carbons (Fsp3) is 0.467. The van der Waals surface area contributed by atoms with Crippen LogP contribution in [0.1, 0.15) is 18.4 Å². The first-order chi connectivity index (χ1) is 10.1. The molecule has 1 aliphatic rings. The van der Waals surface area contributed by atoms with Crippen molar-refractivity contribution in [2.24, 2.45) is 10.9 Å². The number of nitrogens with zero attached hydrogens (tertiary/aromatic N) is 2. The third kappa shape index (κ3) is 2.91. The standard InChI is InChI=1S/C15H17ClN2O2S/c1-9-11(16)5-6-12-13(9)18(7-8-20-2)15(21-12)17-14(19)10-3-4-10/h5-6,10H,3-4,7-8H2,1-2H3. The van der Waals surface area contributed by atoms with Gasteiger partial charge in [0.25, 0.3) is 5.91 Å². The number of hydrogen-bond acceptors (Lipinski definition) is 3. The number of benzene rings is 1. The highest BCUT2D eigenvalue weighted by molar-refractivity contribution is 7.16. The Bertz CT molecular complexity index is 759. The van der Waals surface area contributed by atoms with E-state index >= 15 is 0 Å². The number of carbonyl (C=O) groups is 1. The second-order valence-electron chi connectivity index (χ2n) is 5.27. The number of halogens is 1. The first-order valence-electron chi connectivity index (χ1n) is 6.97. The predicted octanol–water partition coefficient (Wildman–Crippen LogP) is 3.15. The monoisotopic (exact) mass is 324 g/mol. The number of aryl methyl sites for hydroxylation is 1. The van der Waals surface area contributed by atoms with Crippen LogP contribution in [-0.2, 0) is 16.1 Å². The number of fused-ring (bicyclic) bond motifs is 1. The van der Waals surface area contributed by atoms with Gasteiger partial charge in [0.05, 0.1) is 16.8 Å². The Morgan fingerprint density at radius 3 is 2.95 bits per heavy atom. The van der Waals surface area contributed by atoms with Crippen molar-refractivity contribution in [3.05, 3.63) is 27.5 Å². The summed E-state index contributed by atoms with van der Waals surface area (Å²) in [6, 6.07) is 3.88. The van der Waals surface area contributed by atoms with Crippen LogP contribution in [0.4, 0.5) is 0 Å². The minimum atomic E-state index is -0.00327. The van der Waals surface area contributed by atoms with Crippen molar-refractivity contribution in [1.29, 1.82) is 0 Å². The van der Waals surface area contributed by atoms with E-state index in [1.807, 2.05) is 23.6 Å². The summed E-state index contributed by atoms with van der Waals surface area (Å²) in [6.07, 6.45) is 1.94. The third-order valence-corrected chi connectivity index (χ3v) is 5.13. The van der Waals surface area contributed by atoms with E-state index < -0.39 is 0 Å². The summed E-state index contributed by atoms with van der Waals surface area (Å²) in [5.74, 6) is 0.132. The number of thiazole rings is 1. The summed E-state index contributed by atoms with van der Waals surface area (Å²) in [5.41, 5.74) is 2.06. The van der Waals surface area contributed by atoms with E-state index in [0.717, 1.165) is 38.4 Å². The molecule has 0 saturated heterocycles. The molecule has 112 valence electrons. The van der Waals surface area contributed by atoms with Gasteiger partial charge in [0.15, 0.2) is 4.80 Å². The van der Waals surface area contributed by atoms with E-state index in [2.05, 4.69) is 4.99 Å². The van der Waals surface area contributed by atoms with Crippen molar-refractivity contribution in [2.45, 2.75) is 26.3 Å². The molecule has 0 N–H and O–H groups in total. The van der Waals surface area contributed by atoms with Crippen molar-refractivity contribution in [3.63, 3.8) is 0 Å². The summed E-state index contributed by atoms with van der Waals surface area (Å²) in [6.45, 7) is 3.23. The van der Waals surface area contributed by atoms with Crippen LogP contribution in [0.25, 0.3) is 10.2 Å². The molecule has 21 heavy (non-hydrogen) atoms. The molecule has 0 atom stereocenters. The molecule has 4 nitrogen and oxygen atoms in total. The molecule has 1 aliphatic carbocycles. The number of rotatable bonds is 4. The third-order valence-electron chi connectivity index (χ3n) is 3.68. The molecular formula is C15H17ClN2O2S. The second kappa shape index (κ2) is 5.91. The van der Waals surface area contributed by atoms with Gasteiger partial charge in [0, 0.05) is 24.6 Å². The van der Waals surface area contributed by atoms with Crippen LogP contribution < -0.4 is 4.80 Å². The van der Waals surface area contributed by atoms with Gasteiger partial charge in [-0.25, -0.2) is 0 Å². The highest BCUT2D eigenvalue weighted by Gasteiger charge is 2.29. The molecule has 2 aromatic rings. The topological polar surface area (TPSA) is 43.6 Å². The maximum Gasteiger partial charge on any atom is 0.251 e. The van der Waals surface area contributed by atoms with Gasteiger partial charge in [-0.05, 0) is 37.5 Å². The van der Waals surface area contributed by atoms with Crippen molar-refractivity contribution in [1.82, 2.24) is 4.57 Å². The van der Waals surface area contributed by atoms with Gasteiger partial charge in [-0.1, -0.05) is 22.9 Å². The molecule has 1 heterocycles. The zero-order chi connectivity index (χ0) is 15.0. The highest BCUT2D eigenvalue weighted by atomic mass is 35.5. The van der Waals surface area contributed by atoms with Gasteiger partial charge in [0.1, 0.15) is 0 Å². The smallest absolute Gasteiger partial charge is 0.251 e. The van der Waals surface area contributed by atoms with Crippen molar-refractivity contribution < 1.29 is 9.53 Å². The van der Waals surface area contributed by atoms with Gasteiger partial charge < -0.3 is 9.30 Å². The SMILES string of the molecule is COCCn1c(=NC(=O)C2CC2)sc2ccc(Cl)c(C)c21. The Morgan fingerprint density at radius 1 is 1.52 bits per heavy atom. The Kier molecular flexibility index (Phi) is 4.15. The molecule has 1 saturated carbocycles. The van der Waals surface area contributed by atoms with Crippen LogP contribution in [0, 0.1) is 12.8 Å². The van der Waals surface area contributed by atoms with E-state index in [1.165, 1.54) is 11.3 Å². The van der Waals surface area contributed by atoms with Crippen molar-refractivity contribution in [2.75, 3.05) is 13.7 Å². The Labute approximate surface area is 132 Å². The largest absolute Gasteiger partial charge is 0.383 e. The van der Waals surface area contributed by atoms with Crippen LogP contribution in [0.3, 0.4) is 0 Å². The van der Waals surface area contributed by atoms with Crippen LogP contribution in [0.5, 0.6) is 0 Å². The lowest BCUT2D eigenvalue weighted by Crippen LogP contribution is -2.20. The Hall–Kier alpha value is -1.17. The molecule has 1 aromatic carbocycles. The number of ether oxygens (including phenoxy) is 1. The van der Waals surface area contributed by atoms with Gasteiger partial charge in [-0.3, -0.25) is 4.79 Å². The minimum Gasteiger partial charge on any atom is -0.383 e. The number of carbonyl (C=O) groups excluding carboxylic acids is 1. The van der Waals surface area contributed by atoms with Gasteiger partial charge in [0.2, 0.25) is 0 Å². The molecule has 1 amide bonds. The van der Waals surface area contributed by atoms with Crippen LogP contribution >= 0.6 is 22.9 Å². The van der Waals surface area contributed by atoms with Gasteiger partial charge in [-0.15, -0.1) is 0 Å². The van der Waals surface area contributed by atoms with E-state index in [9.17, 15) is 4.79 Å². The van der Waals surface area contributed by atoms with E-state index in [4.69, 9.17) is 16.3 Å². The Balaban J connectivity index is 2.18. The number of aromatic nitrogens is 1. The van der Waals surface area contributed by atoms with E-state index in [0.29, 0.717) is 13.2 Å². The summed E-state index contributed by atoms with van der Waals surface area (Å²) in [4.78, 5) is 17.1. The van der Waals surface area contributed by atoms with Gasteiger partial charge in [-0.2, -0.15) is 4.99 Å². The fourth-order valence-electron chi connectivity index (χ4n) is 2.31. The Morgan fingerprint density at radius 2 is 2.29 bits per heavy atom. The molecule has 1 fully saturated rings. The lowest BCUT2D eigenvalue weighted by atomic mass is 10.2. The molecule has 1 aromatic heterocycles. The molecule has 0 aliphatic heterocycles. The minimum absolute atomic E-state index is 0.00327. The zero-order valence-electron chi connectivity index (χ0n) is 12.1. The first kappa shape index (κ1) is 14.8. The summed E-state index contributed by atoms with van der Waals surface area (Å²) < 4.78 is 8.32. The first-order valence-corrected chi connectivity index (χ1v) is 8.17. The van der Waals surface area contributed by atoms with Crippen molar-refractivity contribution in [3.8, 4) is 0 Å². The van der Waals surface area contributed by atoms with E-state index in [-0.39, 0.29) is 11.8 Å². The average molecular weight is 325 g/mol. The number of amides is 1. The summed E-state index contributed by atoms with van der Waals surface area (Å²) in [7, 11) is 1.67. The van der Waals surface area contributed by atoms with Crippen LogP contribution in [0.2, 0.25) is 5.02 Å². The molecule has 3 rings (SSSR count). The molecular weight excluding hydrogens is 308 g/mol. The lowest BCUT2D eigenvalue weighted by molar-refractivity contribution is -0.119. The quantitative estimate of drug-likeness (QED) is 0.867. The molecule has 0 unspecified atom stereocenters. The zero-order valence-corrected chi connectivity index (χ0v) is 13.6. The maximum atomic E-state index is 12.0. The number of hydrogen-bond donors (Lipinski definition) is 0. The highest BCUT2D eigenvalue weighted by Crippen LogP contribution is 2.30. The van der Waals surface area contributed by atoms with Crippen LogP contribution in [-0.4, -0.2) is 24.2 Å². The van der Waals surface area contributed by atoms with E-state index in [1.54, 1.807) is 7.11 Å². The van der Waals surface area contributed by atoms with Crippen LogP contribution in [0.15, 0.2) is 17.1 Å². The summed E-state index contributed by atoms with van der Waals surface area (Å²) >= 11 is 7.76. The molecule has 0 radical (unpaired) electrons. The van der Waals surface area contributed by atoms with Crippen molar-refractivity contribution >= 4 is 39.1 Å². The molecule has 0 bridgehead atoms. The molecule has 0 spiro atoms. The molecule has 6 heteroatoms. The maximum absolute atomic E-state index is 12.0. The summed E-state index contributed by atoms with van der Waals surface area (Å²) in [5, 5.41) is 0.728. The fourth-order valence-corrected chi connectivity index (χ4v) is 3.58. The number of methoxy groups -OCH3 is 1. The lowest BCUT2D eigenvalue weighted by Gasteiger charge is -2.07.